The van der Waals surface area contributed by atoms with E-state index in [1.165, 1.54) is 0 Å². The Morgan fingerprint density at radius 2 is 1.61 bits per heavy atom. The van der Waals surface area contributed by atoms with E-state index in [9.17, 15) is 9.59 Å². The maximum absolute atomic E-state index is 12.2. The van der Waals surface area contributed by atoms with Gasteiger partial charge in [0.15, 0.2) is 0 Å². The van der Waals surface area contributed by atoms with Gasteiger partial charge in [0.2, 0.25) is 23.6 Å². The molecule has 23 heavy (non-hydrogen) atoms. The van der Waals surface area contributed by atoms with Crippen LogP contribution in [0.15, 0.2) is 4.42 Å². The molecule has 1 fully saturated rings. The molecule has 7 nitrogen and oxygen atoms in total. The minimum Gasteiger partial charge on any atom is -0.426 e. The molecule has 2 amide bonds. The summed E-state index contributed by atoms with van der Waals surface area (Å²) in [5, 5.41) is 7.64. The van der Waals surface area contributed by atoms with Gasteiger partial charge in [-0.2, -0.15) is 0 Å². The molecule has 2 rings (SSSR count). The van der Waals surface area contributed by atoms with Crippen molar-refractivity contribution in [1.29, 1.82) is 0 Å². The molecule has 1 saturated heterocycles. The lowest BCUT2D eigenvalue weighted by atomic mass is 9.91. The molecule has 1 aromatic rings. The van der Waals surface area contributed by atoms with Crippen molar-refractivity contribution in [3.63, 3.8) is 0 Å². The number of hydrogen-bond donors (Lipinski definition) is 0. The van der Waals surface area contributed by atoms with E-state index < -0.39 is 0 Å². The standard InChI is InChI=1S/C16H26N4O3/c1-12-17-18-13(23-12)5-6-14(21)19-7-9-20(10-8-19)15(22)11-16(2,3)4/h5-11H2,1-4H3. The Hall–Kier alpha value is -1.92. The molecular formula is C16H26N4O3. The van der Waals surface area contributed by atoms with Gasteiger partial charge in [-0.25, -0.2) is 0 Å². The van der Waals surface area contributed by atoms with Gasteiger partial charge in [0.05, 0.1) is 0 Å². The number of carbonyl (C=O) groups is 2. The monoisotopic (exact) mass is 322 g/mol. The van der Waals surface area contributed by atoms with Crippen LogP contribution in [0.4, 0.5) is 0 Å². The third-order valence-corrected chi connectivity index (χ3v) is 3.79. The lowest BCUT2D eigenvalue weighted by Gasteiger charge is -2.36. The van der Waals surface area contributed by atoms with Gasteiger partial charge >= 0.3 is 0 Å². The van der Waals surface area contributed by atoms with E-state index in [-0.39, 0.29) is 17.2 Å². The van der Waals surface area contributed by atoms with Crippen LogP contribution in [0.2, 0.25) is 0 Å². The van der Waals surface area contributed by atoms with Crippen molar-refractivity contribution in [3.05, 3.63) is 11.8 Å². The Labute approximate surface area is 137 Å². The van der Waals surface area contributed by atoms with Crippen molar-refractivity contribution in [1.82, 2.24) is 20.0 Å². The van der Waals surface area contributed by atoms with Crippen molar-refractivity contribution in [2.24, 2.45) is 5.41 Å². The molecule has 0 bridgehead atoms. The fourth-order valence-corrected chi connectivity index (χ4v) is 2.58. The summed E-state index contributed by atoms with van der Waals surface area (Å²) in [7, 11) is 0. The van der Waals surface area contributed by atoms with E-state index in [1.807, 2.05) is 9.80 Å². The molecule has 0 aromatic carbocycles. The summed E-state index contributed by atoms with van der Waals surface area (Å²) in [6, 6.07) is 0. The summed E-state index contributed by atoms with van der Waals surface area (Å²) in [6.07, 6.45) is 1.36. The molecule has 1 aromatic heterocycles. The van der Waals surface area contributed by atoms with Crippen LogP contribution >= 0.6 is 0 Å². The second-order valence-electron chi connectivity index (χ2n) is 7.21. The summed E-state index contributed by atoms with van der Waals surface area (Å²) >= 11 is 0. The van der Waals surface area contributed by atoms with Crippen LogP contribution in [0.25, 0.3) is 0 Å². The average molecular weight is 322 g/mol. The van der Waals surface area contributed by atoms with Crippen molar-refractivity contribution in [2.75, 3.05) is 26.2 Å². The van der Waals surface area contributed by atoms with E-state index in [4.69, 9.17) is 4.42 Å². The predicted molar refractivity (Wildman–Crippen MR) is 84.6 cm³/mol. The van der Waals surface area contributed by atoms with Gasteiger partial charge in [0.1, 0.15) is 0 Å². The van der Waals surface area contributed by atoms with Crippen LogP contribution in [0.3, 0.4) is 0 Å². The van der Waals surface area contributed by atoms with E-state index >= 15 is 0 Å². The largest absolute Gasteiger partial charge is 0.426 e. The van der Waals surface area contributed by atoms with E-state index in [0.29, 0.717) is 57.2 Å². The Morgan fingerprint density at radius 1 is 1.04 bits per heavy atom. The first-order chi connectivity index (χ1) is 10.7. The third-order valence-electron chi connectivity index (χ3n) is 3.79. The lowest BCUT2D eigenvalue weighted by Crippen LogP contribution is -2.51. The molecule has 0 N–H and O–H groups in total. The molecular weight excluding hydrogens is 296 g/mol. The smallest absolute Gasteiger partial charge is 0.223 e. The number of rotatable bonds is 4. The van der Waals surface area contributed by atoms with E-state index in [1.54, 1.807) is 6.92 Å². The molecule has 128 valence electrons. The minimum absolute atomic E-state index is 0.00769. The number of amides is 2. The maximum Gasteiger partial charge on any atom is 0.223 e. The summed E-state index contributed by atoms with van der Waals surface area (Å²) < 4.78 is 5.27. The number of carbonyl (C=O) groups excluding carboxylic acids is 2. The van der Waals surface area contributed by atoms with Crippen molar-refractivity contribution in [3.8, 4) is 0 Å². The Kier molecular flexibility index (Phi) is 5.38. The summed E-state index contributed by atoms with van der Waals surface area (Å²) in [6.45, 7) is 10.3. The lowest BCUT2D eigenvalue weighted by molar-refractivity contribution is -0.140. The van der Waals surface area contributed by atoms with Gasteiger partial charge in [-0.15, -0.1) is 10.2 Å². The fraction of sp³-hybridized carbons (Fsp3) is 0.750. The Bertz CT molecular complexity index is 554. The van der Waals surface area contributed by atoms with Gasteiger partial charge in [-0.3, -0.25) is 9.59 Å². The number of hydrogen-bond acceptors (Lipinski definition) is 5. The highest BCUT2D eigenvalue weighted by Gasteiger charge is 2.26. The Balaban J connectivity index is 1.75. The zero-order valence-corrected chi connectivity index (χ0v) is 14.5. The zero-order valence-electron chi connectivity index (χ0n) is 14.5. The van der Waals surface area contributed by atoms with Crippen LogP contribution in [-0.2, 0) is 16.0 Å². The van der Waals surface area contributed by atoms with Gasteiger partial charge < -0.3 is 14.2 Å². The SMILES string of the molecule is Cc1nnc(CCC(=O)N2CCN(C(=O)CC(C)(C)C)CC2)o1. The molecule has 2 heterocycles. The first-order valence-corrected chi connectivity index (χ1v) is 8.09. The normalized spacial score (nSPS) is 15.8. The van der Waals surface area contributed by atoms with Crippen molar-refractivity contribution >= 4 is 11.8 Å². The summed E-state index contributed by atoms with van der Waals surface area (Å²) in [5.41, 5.74) is -0.00769. The van der Waals surface area contributed by atoms with E-state index in [0.717, 1.165) is 0 Å². The van der Waals surface area contributed by atoms with Gasteiger partial charge in [-0.05, 0) is 5.41 Å². The molecule has 1 aliphatic rings. The predicted octanol–water partition coefficient (Wildman–Crippen LogP) is 1.42. The molecule has 0 spiro atoms. The van der Waals surface area contributed by atoms with Gasteiger partial charge in [0, 0.05) is 52.4 Å². The van der Waals surface area contributed by atoms with Crippen LogP contribution in [-0.4, -0.2) is 58.0 Å². The average Bonchev–Trinajstić information content (AvgIpc) is 2.89. The molecule has 7 heteroatoms. The van der Waals surface area contributed by atoms with Crippen molar-refractivity contribution in [2.45, 2.75) is 47.0 Å². The highest BCUT2D eigenvalue weighted by atomic mass is 16.4. The van der Waals surface area contributed by atoms with Gasteiger partial charge in [-0.1, -0.05) is 20.8 Å². The minimum atomic E-state index is -0.00769. The molecule has 0 atom stereocenters. The second-order valence-corrected chi connectivity index (χ2v) is 7.21. The topological polar surface area (TPSA) is 79.5 Å². The van der Waals surface area contributed by atoms with Gasteiger partial charge in [0.25, 0.3) is 0 Å². The molecule has 0 radical (unpaired) electrons. The molecule has 0 aliphatic carbocycles. The number of aromatic nitrogens is 2. The van der Waals surface area contributed by atoms with Crippen LogP contribution in [0, 0.1) is 12.3 Å². The van der Waals surface area contributed by atoms with Crippen molar-refractivity contribution < 1.29 is 14.0 Å². The Morgan fingerprint density at radius 3 is 2.09 bits per heavy atom. The molecule has 0 unspecified atom stereocenters. The summed E-state index contributed by atoms with van der Waals surface area (Å²) in [5.74, 6) is 1.25. The highest BCUT2D eigenvalue weighted by molar-refractivity contribution is 5.78. The first-order valence-electron chi connectivity index (χ1n) is 8.09. The zero-order chi connectivity index (χ0) is 17.0. The van der Waals surface area contributed by atoms with Crippen LogP contribution in [0.1, 0.15) is 45.4 Å². The molecule has 0 saturated carbocycles. The number of nitrogens with zero attached hydrogens (tertiary/aromatic N) is 4. The quantitative estimate of drug-likeness (QED) is 0.837. The van der Waals surface area contributed by atoms with E-state index in [2.05, 4.69) is 31.0 Å². The number of aryl methyl sites for hydroxylation is 2. The second kappa shape index (κ2) is 7.10. The number of piperazine rings is 1. The first kappa shape index (κ1) is 17.4. The highest BCUT2D eigenvalue weighted by Crippen LogP contribution is 2.20. The maximum atomic E-state index is 12.2. The van der Waals surface area contributed by atoms with Crippen LogP contribution < -0.4 is 0 Å². The third kappa shape index (κ3) is 5.33. The molecule has 1 aliphatic heterocycles. The fourth-order valence-electron chi connectivity index (χ4n) is 2.58. The van der Waals surface area contributed by atoms with Crippen LogP contribution in [0.5, 0.6) is 0 Å². The summed E-state index contributed by atoms with van der Waals surface area (Å²) in [4.78, 5) is 28.1.